The first-order valence-corrected chi connectivity index (χ1v) is 5.82. The highest BCUT2D eigenvalue weighted by Crippen LogP contribution is 2.00. The molecule has 0 saturated carbocycles. The van der Waals surface area contributed by atoms with Gasteiger partial charge in [0.1, 0.15) is 0 Å². The van der Waals surface area contributed by atoms with Crippen LogP contribution in [0.5, 0.6) is 0 Å². The molecule has 0 aromatic carbocycles. The van der Waals surface area contributed by atoms with Gasteiger partial charge in [-0.15, -0.1) is 0 Å². The Labute approximate surface area is 78.7 Å². The lowest BCUT2D eigenvalue weighted by Crippen LogP contribution is -2.36. The summed E-state index contributed by atoms with van der Waals surface area (Å²) in [7, 11) is -3.42. The number of amides is 1. The highest BCUT2D eigenvalue weighted by atomic mass is 32.2. The molecule has 0 bridgehead atoms. The van der Waals surface area contributed by atoms with Gasteiger partial charge >= 0.3 is 0 Å². The van der Waals surface area contributed by atoms with E-state index in [-0.39, 0.29) is 11.7 Å². The number of hydrogen-bond acceptors (Lipinski definition) is 4. The summed E-state index contributed by atoms with van der Waals surface area (Å²) in [5, 5.41) is 0. The van der Waals surface area contributed by atoms with E-state index >= 15 is 0 Å². The maximum absolute atomic E-state index is 11.2. The SMILES string of the molecule is CCS(=O)(=O)NC(=O)C(C)CCN. The highest BCUT2D eigenvalue weighted by molar-refractivity contribution is 7.90. The van der Waals surface area contributed by atoms with Gasteiger partial charge in [-0.05, 0) is 19.9 Å². The predicted octanol–water partition coefficient (Wildman–Crippen LogP) is -0.563. The fraction of sp³-hybridized carbons (Fsp3) is 0.857. The number of carbonyl (C=O) groups is 1. The second kappa shape index (κ2) is 5.18. The topological polar surface area (TPSA) is 89.3 Å². The molecule has 0 spiro atoms. The quantitative estimate of drug-likeness (QED) is 0.633. The van der Waals surface area contributed by atoms with Crippen molar-refractivity contribution in [2.24, 2.45) is 11.7 Å². The van der Waals surface area contributed by atoms with E-state index < -0.39 is 15.9 Å². The molecule has 0 aliphatic heterocycles. The molecule has 0 heterocycles. The van der Waals surface area contributed by atoms with E-state index in [1.807, 2.05) is 4.72 Å². The number of nitrogens with one attached hydrogen (secondary N) is 1. The first-order valence-electron chi connectivity index (χ1n) is 4.17. The fourth-order valence-electron chi connectivity index (χ4n) is 0.707. The van der Waals surface area contributed by atoms with Crippen molar-refractivity contribution in [3.05, 3.63) is 0 Å². The monoisotopic (exact) mass is 208 g/mol. The molecule has 5 nitrogen and oxygen atoms in total. The number of hydrogen-bond donors (Lipinski definition) is 2. The van der Waals surface area contributed by atoms with Crippen LogP contribution in [0.4, 0.5) is 0 Å². The van der Waals surface area contributed by atoms with Gasteiger partial charge < -0.3 is 5.73 Å². The van der Waals surface area contributed by atoms with Crippen LogP contribution in [0.3, 0.4) is 0 Å². The largest absolute Gasteiger partial charge is 0.330 e. The molecule has 78 valence electrons. The third-order valence-corrected chi connectivity index (χ3v) is 2.96. The Bertz CT molecular complexity index is 261. The minimum atomic E-state index is -3.42. The second-order valence-electron chi connectivity index (χ2n) is 2.85. The van der Waals surface area contributed by atoms with Crippen molar-refractivity contribution in [3.8, 4) is 0 Å². The van der Waals surface area contributed by atoms with Crippen LogP contribution in [0.25, 0.3) is 0 Å². The zero-order chi connectivity index (χ0) is 10.5. The Balaban J connectivity index is 4.16. The zero-order valence-corrected chi connectivity index (χ0v) is 8.73. The van der Waals surface area contributed by atoms with Crippen LogP contribution in [0.1, 0.15) is 20.3 Å². The van der Waals surface area contributed by atoms with Crippen molar-refractivity contribution in [1.29, 1.82) is 0 Å². The van der Waals surface area contributed by atoms with Crippen molar-refractivity contribution < 1.29 is 13.2 Å². The van der Waals surface area contributed by atoms with Crippen molar-refractivity contribution in [1.82, 2.24) is 4.72 Å². The van der Waals surface area contributed by atoms with Gasteiger partial charge in [-0.1, -0.05) is 6.92 Å². The van der Waals surface area contributed by atoms with Crippen LogP contribution < -0.4 is 10.5 Å². The Morgan fingerprint density at radius 2 is 2.08 bits per heavy atom. The van der Waals surface area contributed by atoms with Crippen molar-refractivity contribution in [3.63, 3.8) is 0 Å². The van der Waals surface area contributed by atoms with Crippen LogP contribution in [-0.4, -0.2) is 26.6 Å². The molecule has 0 aliphatic rings. The molecule has 0 rings (SSSR count). The summed E-state index contributed by atoms with van der Waals surface area (Å²) in [6.45, 7) is 3.50. The summed E-state index contributed by atoms with van der Waals surface area (Å²) in [6, 6.07) is 0. The van der Waals surface area contributed by atoms with Crippen molar-refractivity contribution in [2.45, 2.75) is 20.3 Å². The predicted molar refractivity (Wildman–Crippen MR) is 50.4 cm³/mol. The van der Waals surface area contributed by atoms with Crippen LogP contribution >= 0.6 is 0 Å². The Hall–Kier alpha value is -0.620. The van der Waals surface area contributed by atoms with Gasteiger partial charge in [-0.2, -0.15) is 0 Å². The zero-order valence-electron chi connectivity index (χ0n) is 7.91. The highest BCUT2D eigenvalue weighted by Gasteiger charge is 2.17. The summed E-state index contributed by atoms with van der Waals surface area (Å²) in [5.74, 6) is -0.924. The fourth-order valence-corrected chi connectivity index (χ4v) is 1.36. The molecular formula is C7H16N2O3S. The molecule has 0 fully saturated rings. The summed E-state index contributed by atoms with van der Waals surface area (Å²) in [6.07, 6.45) is 0.491. The standard InChI is InChI=1S/C7H16N2O3S/c1-3-13(11,12)9-7(10)6(2)4-5-8/h6H,3-5,8H2,1-2H3,(H,9,10). The number of carbonyl (C=O) groups excluding carboxylic acids is 1. The minimum Gasteiger partial charge on any atom is -0.330 e. The molecule has 1 unspecified atom stereocenters. The maximum atomic E-state index is 11.2. The number of rotatable bonds is 5. The van der Waals surface area contributed by atoms with Crippen LogP contribution in [-0.2, 0) is 14.8 Å². The molecule has 1 atom stereocenters. The Morgan fingerprint density at radius 3 is 2.46 bits per heavy atom. The average Bonchev–Trinajstić information content (AvgIpc) is 2.04. The first-order chi connectivity index (χ1) is 5.93. The van der Waals surface area contributed by atoms with Gasteiger partial charge in [-0.25, -0.2) is 8.42 Å². The summed E-state index contributed by atoms with van der Waals surface area (Å²) in [5.41, 5.74) is 5.23. The second-order valence-corrected chi connectivity index (χ2v) is 4.86. The number of sulfonamides is 1. The van der Waals surface area contributed by atoms with E-state index in [1.165, 1.54) is 6.92 Å². The molecule has 0 aromatic rings. The smallest absolute Gasteiger partial charge is 0.236 e. The van der Waals surface area contributed by atoms with Gasteiger partial charge in [-0.3, -0.25) is 9.52 Å². The molecule has 1 amide bonds. The van der Waals surface area contributed by atoms with Crippen molar-refractivity contribution in [2.75, 3.05) is 12.3 Å². The molecule has 6 heteroatoms. The van der Waals surface area contributed by atoms with E-state index in [0.717, 1.165) is 0 Å². The molecule has 0 saturated heterocycles. The summed E-state index contributed by atoms with van der Waals surface area (Å²) >= 11 is 0. The lowest BCUT2D eigenvalue weighted by molar-refractivity contribution is -0.122. The maximum Gasteiger partial charge on any atom is 0.236 e. The Morgan fingerprint density at radius 1 is 1.54 bits per heavy atom. The summed E-state index contributed by atoms with van der Waals surface area (Å²) in [4.78, 5) is 11.2. The van der Waals surface area contributed by atoms with Gasteiger partial charge in [0.05, 0.1) is 5.75 Å². The molecule has 13 heavy (non-hydrogen) atoms. The van der Waals surface area contributed by atoms with E-state index in [4.69, 9.17) is 5.73 Å². The van der Waals surface area contributed by atoms with Crippen molar-refractivity contribution >= 4 is 15.9 Å². The van der Waals surface area contributed by atoms with E-state index in [0.29, 0.717) is 13.0 Å². The van der Waals surface area contributed by atoms with E-state index in [1.54, 1.807) is 6.92 Å². The van der Waals surface area contributed by atoms with Gasteiger partial charge in [0, 0.05) is 5.92 Å². The molecule has 0 aliphatic carbocycles. The molecule has 0 radical (unpaired) electrons. The molecular weight excluding hydrogens is 192 g/mol. The third kappa shape index (κ3) is 4.84. The van der Waals surface area contributed by atoms with E-state index in [9.17, 15) is 13.2 Å². The average molecular weight is 208 g/mol. The lowest BCUT2D eigenvalue weighted by Gasteiger charge is -2.09. The minimum absolute atomic E-state index is 0.0892. The molecule has 0 aromatic heterocycles. The summed E-state index contributed by atoms with van der Waals surface area (Å²) < 4.78 is 23.9. The third-order valence-electron chi connectivity index (χ3n) is 1.68. The van der Waals surface area contributed by atoms with Crippen LogP contribution in [0, 0.1) is 5.92 Å². The van der Waals surface area contributed by atoms with Gasteiger partial charge in [0.25, 0.3) is 0 Å². The van der Waals surface area contributed by atoms with Gasteiger partial charge in [0.2, 0.25) is 15.9 Å². The lowest BCUT2D eigenvalue weighted by atomic mass is 10.1. The number of nitrogens with two attached hydrogens (primary N) is 1. The van der Waals surface area contributed by atoms with E-state index in [2.05, 4.69) is 0 Å². The van der Waals surface area contributed by atoms with Crippen LogP contribution in [0.2, 0.25) is 0 Å². The van der Waals surface area contributed by atoms with Crippen LogP contribution in [0.15, 0.2) is 0 Å². The Kier molecular flexibility index (Phi) is 4.94. The molecule has 3 N–H and O–H groups in total. The first kappa shape index (κ1) is 12.4. The van der Waals surface area contributed by atoms with Gasteiger partial charge in [0.15, 0.2) is 0 Å². The normalized spacial score (nSPS) is 13.8.